The summed E-state index contributed by atoms with van der Waals surface area (Å²) >= 11 is 6.19. The van der Waals surface area contributed by atoms with Crippen molar-refractivity contribution >= 4 is 17.4 Å². The zero-order valence-corrected chi connectivity index (χ0v) is 17.6. The van der Waals surface area contributed by atoms with Gasteiger partial charge in [-0.15, -0.1) is 0 Å². The van der Waals surface area contributed by atoms with Crippen molar-refractivity contribution in [3.05, 3.63) is 75.9 Å². The first kappa shape index (κ1) is 18.7. The fourth-order valence-electron chi connectivity index (χ4n) is 4.81. The van der Waals surface area contributed by atoms with E-state index in [9.17, 15) is 0 Å². The van der Waals surface area contributed by atoms with Gasteiger partial charge in [-0.25, -0.2) is 4.68 Å². The molecule has 0 bridgehead atoms. The number of piperidine rings is 1. The van der Waals surface area contributed by atoms with Crippen LogP contribution in [0.2, 0.25) is 5.02 Å². The quantitative estimate of drug-likeness (QED) is 0.618. The monoisotopic (exact) mass is 406 g/mol. The smallest absolute Gasteiger partial charge is 0.133 e. The molecule has 1 atom stereocenters. The van der Waals surface area contributed by atoms with E-state index in [4.69, 9.17) is 16.7 Å². The molecule has 2 aliphatic heterocycles. The van der Waals surface area contributed by atoms with Crippen molar-refractivity contribution in [1.29, 1.82) is 0 Å². The maximum atomic E-state index is 6.19. The van der Waals surface area contributed by atoms with Crippen LogP contribution in [0.1, 0.15) is 47.7 Å². The average Bonchev–Trinajstić information content (AvgIpc) is 3.33. The summed E-state index contributed by atoms with van der Waals surface area (Å²) in [6.07, 6.45) is 4.76. The van der Waals surface area contributed by atoms with Crippen LogP contribution in [0.5, 0.6) is 0 Å². The Balaban J connectivity index is 1.53. The van der Waals surface area contributed by atoms with Crippen molar-refractivity contribution in [2.45, 2.75) is 45.2 Å². The van der Waals surface area contributed by atoms with Gasteiger partial charge in [-0.1, -0.05) is 48.4 Å². The molecule has 1 fully saturated rings. The van der Waals surface area contributed by atoms with Crippen LogP contribution in [0.15, 0.2) is 48.5 Å². The van der Waals surface area contributed by atoms with Crippen LogP contribution in [-0.2, 0) is 13.0 Å². The zero-order valence-electron chi connectivity index (χ0n) is 16.9. The molecule has 0 radical (unpaired) electrons. The third-order valence-electron chi connectivity index (χ3n) is 6.23. The van der Waals surface area contributed by atoms with Crippen molar-refractivity contribution in [1.82, 2.24) is 14.7 Å². The van der Waals surface area contributed by atoms with Gasteiger partial charge >= 0.3 is 0 Å². The number of benzene rings is 2. The Bertz CT molecular complexity index is 1010. The van der Waals surface area contributed by atoms with Gasteiger partial charge in [-0.3, -0.25) is 4.90 Å². The molecule has 4 nitrogen and oxygen atoms in total. The minimum absolute atomic E-state index is 0.381. The van der Waals surface area contributed by atoms with Crippen LogP contribution in [0.25, 0.3) is 5.69 Å². The maximum Gasteiger partial charge on any atom is 0.133 e. The highest BCUT2D eigenvalue weighted by Crippen LogP contribution is 2.39. The summed E-state index contributed by atoms with van der Waals surface area (Å²) in [5, 5.41) is 9.53. The molecule has 1 saturated heterocycles. The first-order valence-electron chi connectivity index (χ1n) is 10.6. The molecule has 0 amide bonds. The Morgan fingerprint density at radius 3 is 2.83 bits per heavy atom. The molecule has 3 heterocycles. The molecule has 2 aromatic carbocycles. The topological polar surface area (TPSA) is 33.1 Å². The minimum atomic E-state index is 0.381. The largest absolute Gasteiger partial charge is 0.369 e. The number of nitrogens with one attached hydrogen (secondary N) is 1. The van der Waals surface area contributed by atoms with Crippen molar-refractivity contribution in [3.8, 4) is 5.69 Å². The second-order valence-corrected chi connectivity index (χ2v) is 8.64. The lowest BCUT2D eigenvalue weighted by Gasteiger charge is -2.35. The predicted molar refractivity (Wildman–Crippen MR) is 119 cm³/mol. The maximum absolute atomic E-state index is 6.19. The van der Waals surface area contributed by atoms with Gasteiger partial charge in [0.15, 0.2) is 0 Å². The van der Waals surface area contributed by atoms with Crippen molar-refractivity contribution in [3.63, 3.8) is 0 Å². The standard InChI is InChI=1S/C24H27ClN4/c1-17-15-19(25)10-11-21(17)29-24-20(12-13-26-24)23(27-29)22-9-5-6-14-28(22)16-18-7-3-2-4-8-18/h2-4,7-8,10-11,15,22,26H,5-6,9,12-14,16H2,1H3. The second kappa shape index (κ2) is 7.85. The number of halogens is 1. The number of fused-ring (bicyclic) bond motifs is 1. The summed E-state index contributed by atoms with van der Waals surface area (Å²) in [6.45, 7) is 5.21. The lowest BCUT2D eigenvalue weighted by atomic mass is 9.95. The molecule has 29 heavy (non-hydrogen) atoms. The zero-order chi connectivity index (χ0) is 19.8. The van der Waals surface area contributed by atoms with Gasteiger partial charge in [-0.05, 0) is 62.1 Å². The Kier molecular flexibility index (Phi) is 5.06. The van der Waals surface area contributed by atoms with Crippen LogP contribution in [0.3, 0.4) is 0 Å². The first-order valence-corrected chi connectivity index (χ1v) is 11.0. The number of aromatic nitrogens is 2. The fraction of sp³-hybridized carbons (Fsp3) is 0.375. The van der Waals surface area contributed by atoms with E-state index in [2.05, 4.69) is 58.2 Å². The van der Waals surface area contributed by atoms with Gasteiger partial charge in [0.05, 0.1) is 17.4 Å². The Morgan fingerprint density at radius 1 is 1.14 bits per heavy atom. The molecule has 150 valence electrons. The van der Waals surface area contributed by atoms with Crippen molar-refractivity contribution in [2.75, 3.05) is 18.4 Å². The molecule has 2 aliphatic rings. The van der Waals surface area contributed by atoms with Crippen LogP contribution >= 0.6 is 11.6 Å². The molecule has 0 spiro atoms. The molecule has 1 N–H and O–H groups in total. The molecule has 0 aliphatic carbocycles. The summed E-state index contributed by atoms with van der Waals surface area (Å²) in [5.41, 5.74) is 6.28. The second-order valence-electron chi connectivity index (χ2n) is 8.20. The number of likely N-dealkylation sites (tertiary alicyclic amines) is 1. The Morgan fingerprint density at radius 2 is 2.00 bits per heavy atom. The van der Waals surface area contributed by atoms with Gasteiger partial charge in [-0.2, -0.15) is 5.10 Å². The van der Waals surface area contributed by atoms with Crippen LogP contribution < -0.4 is 5.32 Å². The number of aryl methyl sites for hydroxylation is 1. The van der Waals surface area contributed by atoms with E-state index in [0.717, 1.165) is 48.1 Å². The number of hydrogen-bond acceptors (Lipinski definition) is 3. The highest BCUT2D eigenvalue weighted by molar-refractivity contribution is 6.30. The Hall–Kier alpha value is -2.30. The number of rotatable bonds is 4. The summed E-state index contributed by atoms with van der Waals surface area (Å²) in [6, 6.07) is 17.2. The van der Waals surface area contributed by atoms with Gasteiger partial charge < -0.3 is 5.32 Å². The van der Waals surface area contributed by atoms with Gasteiger partial charge in [0.25, 0.3) is 0 Å². The summed E-state index contributed by atoms with van der Waals surface area (Å²) in [5.74, 6) is 1.16. The van der Waals surface area contributed by atoms with E-state index >= 15 is 0 Å². The highest BCUT2D eigenvalue weighted by Gasteiger charge is 2.32. The van der Waals surface area contributed by atoms with E-state index in [1.165, 1.54) is 36.1 Å². The first-order chi connectivity index (χ1) is 14.2. The SMILES string of the molecule is Cc1cc(Cl)ccc1-n1nc(C2CCCCN2Cc2ccccc2)c2c1NCC2. The molecular formula is C24H27ClN4. The van der Waals surface area contributed by atoms with E-state index in [0.29, 0.717) is 6.04 Å². The average molecular weight is 407 g/mol. The molecule has 1 unspecified atom stereocenters. The summed E-state index contributed by atoms with van der Waals surface area (Å²) in [4.78, 5) is 2.62. The van der Waals surface area contributed by atoms with Crippen LogP contribution in [-0.4, -0.2) is 27.8 Å². The van der Waals surface area contributed by atoms with Gasteiger partial charge in [0.2, 0.25) is 0 Å². The van der Waals surface area contributed by atoms with E-state index in [-0.39, 0.29) is 0 Å². The number of hydrogen-bond donors (Lipinski definition) is 1. The lowest BCUT2D eigenvalue weighted by Crippen LogP contribution is -2.33. The molecule has 0 saturated carbocycles. The predicted octanol–water partition coefficient (Wildman–Crippen LogP) is 5.53. The molecule has 5 rings (SSSR count). The normalized spacial score (nSPS) is 19.2. The third-order valence-corrected chi connectivity index (χ3v) is 6.46. The molecular weight excluding hydrogens is 380 g/mol. The summed E-state index contributed by atoms with van der Waals surface area (Å²) in [7, 11) is 0. The van der Waals surface area contributed by atoms with Crippen LogP contribution in [0, 0.1) is 6.92 Å². The minimum Gasteiger partial charge on any atom is -0.369 e. The third kappa shape index (κ3) is 3.56. The van der Waals surface area contributed by atoms with Gasteiger partial charge in [0.1, 0.15) is 5.82 Å². The van der Waals surface area contributed by atoms with Gasteiger partial charge in [0, 0.05) is 23.7 Å². The molecule has 3 aromatic rings. The fourth-order valence-corrected chi connectivity index (χ4v) is 5.03. The number of anilines is 1. The van der Waals surface area contributed by atoms with E-state index < -0.39 is 0 Å². The van der Waals surface area contributed by atoms with E-state index in [1.54, 1.807) is 0 Å². The van der Waals surface area contributed by atoms with E-state index in [1.807, 2.05) is 12.1 Å². The molecule has 5 heteroatoms. The van der Waals surface area contributed by atoms with Crippen molar-refractivity contribution in [2.24, 2.45) is 0 Å². The number of nitrogens with zero attached hydrogens (tertiary/aromatic N) is 3. The lowest BCUT2D eigenvalue weighted by molar-refractivity contribution is 0.136. The summed E-state index contributed by atoms with van der Waals surface area (Å²) < 4.78 is 2.11. The highest BCUT2D eigenvalue weighted by atomic mass is 35.5. The Labute approximate surface area is 177 Å². The molecule has 1 aromatic heterocycles. The van der Waals surface area contributed by atoms with Crippen LogP contribution in [0.4, 0.5) is 5.82 Å². The van der Waals surface area contributed by atoms with Crippen molar-refractivity contribution < 1.29 is 0 Å².